The number of carbonyl (C=O) groups excluding carboxylic acids is 1. The Labute approximate surface area is 204 Å². The van der Waals surface area contributed by atoms with E-state index in [0.717, 1.165) is 28.1 Å². The van der Waals surface area contributed by atoms with Gasteiger partial charge in [0.25, 0.3) is 0 Å². The van der Waals surface area contributed by atoms with Crippen LogP contribution >= 0.6 is 23.1 Å². The number of aromatic nitrogens is 5. The second-order valence-corrected chi connectivity index (χ2v) is 9.25. The fraction of sp³-hybridized carbons (Fsp3) is 0.0800. The number of amides is 1. The molecule has 0 bridgehead atoms. The minimum absolute atomic E-state index is 0.150. The Morgan fingerprint density at radius 3 is 2.50 bits per heavy atom. The van der Waals surface area contributed by atoms with E-state index >= 15 is 0 Å². The van der Waals surface area contributed by atoms with Crippen LogP contribution in [0.2, 0.25) is 0 Å². The van der Waals surface area contributed by atoms with Crippen molar-refractivity contribution in [1.29, 1.82) is 0 Å². The molecule has 7 nitrogen and oxygen atoms in total. The van der Waals surface area contributed by atoms with Crippen molar-refractivity contribution >= 4 is 34.1 Å². The van der Waals surface area contributed by atoms with Crippen molar-refractivity contribution in [3.8, 4) is 28.3 Å². The largest absolute Gasteiger partial charge is 0.301 e. The zero-order valence-corrected chi connectivity index (χ0v) is 19.9. The lowest BCUT2D eigenvalue weighted by Crippen LogP contribution is -2.14. The summed E-state index contributed by atoms with van der Waals surface area (Å²) in [5.74, 6) is 0.727. The summed E-state index contributed by atoms with van der Waals surface area (Å²) in [6, 6.07) is 21.8. The summed E-state index contributed by atoms with van der Waals surface area (Å²) < 4.78 is 1.96. The number of hydrogen-bond donors (Lipinski definition) is 1. The third-order valence-electron chi connectivity index (χ3n) is 5.02. The van der Waals surface area contributed by atoms with E-state index in [-0.39, 0.29) is 11.7 Å². The second-order valence-electron chi connectivity index (χ2n) is 7.45. The van der Waals surface area contributed by atoms with E-state index in [9.17, 15) is 4.79 Å². The van der Waals surface area contributed by atoms with Crippen molar-refractivity contribution in [1.82, 2.24) is 24.7 Å². The van der Waals surface area contributed by atoms with E-state index in [0.29, 0.717) is 16.1 Å². The summed E-state index contributed by atoms with van der Waals surface area (Å²) in [6.45, 7) is 2.04. The van der Waals surface area contributed by atoms with E-state index in [2.05, 4.69) is 25.5 Å². The molecule has 0 aliphatic heterocycles. The SMILES string of the molecule is Cc1ccc(-n2c(SCC(=O)Nc3nc(-c4ccccc4)cs3)nnc2-c2ccncc2)cc1. The van der Waals surface area contributed by atoms with Gasteiger partial charge >= 0.3 is 0 Å². The fourth-order valence-corrected chi connectivity index (χ4v) is 4.82. The van der Waals surface area contributed by atoms with Gasteiger partial charge in [0.1, 0.15) is 0 Å². The van der Waals surface area contributed by atoms with Crippen LogP contribution in [0.1, 0.15) is 5.56 Å². The maximum absolute atomic E-state index is 12.7. The van der Waals surface area contributed by atoms with Crippen molar-refractivity contribution < 1.29 is 4.79 Å². The number of aryl methyl sites for hydroxylation is 1. The number of pyridine rings is 1. The molecule has 1 amide bonds. The highest BCUT2D eigenvalue weighted by Gasteiger charge is 2.18. The normalized spacial score (nSPS) is 10.9. The predicted molar refractivity (Wildman–Crippen MR) is 136 cm³/mol. The third kappa shape index (κ3) is 4.90. The number of benzene rings is 2. The summed E-state index contributed by atoms with van der Waals surface area (Å²) >= 11 is 2.74. The highest BCUT2D eigenvalue weighted by atomic mass is 32.2. The molecule has 0 spiro atoms. The van der Waals surface area contributed by atoms with Crippen molar-refractivity contribution in [3.05, 3.63) is 90.1 Å². The summed E-state index contributed by atoms with van der Waals surface area (Å²) in [4.78, 5) is 21.3. The van der Waals surface area contributed by atoms with Crippen LogP contribution in [0.5, 0.6) is 0 Å². The number of thiazole rings is 1. The highest BCUT2D eigenvalue weighted by Crippen LogP contribution is 2.29. The van der Waals surface area contributed by atoms with Crippen molar-refractivity contribution in [2.45, 2.75) is 12.1 Å². The molecule has 0 fully saturated rings. The van der Waals surface area contributed by atoms with Crippen LogP contribution in [0.15, 0.2) is 89.7 Å². The quantitative estimate of drug-likeness (QED) is 0.307. The zero-order chi connectivity index (χ0) is 23.3. The smallest absolute Gasteiger partial charge is 0.236 e. The molecule has 0 unspecified atom stereocenters. The molecule has 0 saturated carbocycles. The van der Waals surface area contributed by atoms with Gasteiger partial charge in [-0.2, -0.15) is 0 Å². The first-order valence-corrected chi connectivity index (χ1v) is 12.4. The summed E-state index contributed by atoms with van der Waals surface area (Å²) in [5.41, 5.74) is 4.85. The molecule has 5 aromatic rings. The molecule has 9 heteroatoms. The molecular formula is C25H20N6OS2. The van der Waals surface area contributed by atoms with E-state index in [1.165, 1.54) is 23.1 Å². The van der Waals surface area contributed by atoms with Crippen LogP contribution in [0.3, 0.4) is 0 Å². The molecule has 34 heavy (non-hydrogen) atoms. The Bertz CT molecular complexity index is 1400. The number of carbonyl (C=O) groups is 1. The molecule has 3 aromatic heterocycles. The van der Waals surface area contributed by atoms with Crippen molar-refractivity contribution in [2.24, 2.45) is 0 Å². The van der Waals surface area contributed by atoms with E-state index in [4.69, 9.17) is 0 Å². The number of hydrogen-bond acceptors (Lipinski definition) is 7. The number of thioether (sulfide) groups is 1. The summed E-state index contributed by atoms with van der Waals surface area (Å²) in [7, 11) is 0. The minimum atomic E-state index is -0.150. The first-order valence-electron chi connectivity index (χ1n) is 10.5. The molecular weight excluding hydrogens is 464 g/mol. The maximum atomic E-state index is 12.7. The Morgan fingerprint density at radius 1 is 0.971 bits per heavy atom. The molecule has 0 saturated heterocycles. The molecule has 0 radical (unpaired) electrons. The van der Waals surface area contributed by atoms with Gasteiger partial charge in [-0.3, -0.25) is 14.3 Å². The molecule has 5 rings (SSSR count). The molecule has 0 atom stereocenters. The molecule has 0 aliphatic rings. The molecule has 3 heterocycles. The van der Waals surface area contributed by atoms with E-state index in [1.54, 1.807) is 12.4 Å². The Balaban J connectivity index is 1.33. The van der Waals surface area contributed by atoms with Crippen LogP contribution in [0, 0.1) is 6.92 Å². The Kier molecular flexibility index (Phi) is 6.46. The number of rotatable bonds is 7. The van der Waals surface area contributed by atoms with Gasteiger partial charge in [0.2, 0.25) is 5.91 Å². The van der Waals surface area contributed by atoms with E-state index < -0.39 is 0 Å². The average Bonchev–Trinajstić information content (AvgIpc) is 3.52. The van der Waals surface area contributed by atoms with Gasteiger partial charge in [-0.25, -0.2) is 4.98 Å². The van der Waals surface area contributed by atoms with Gasteiger partial charge in [0.05, 0.1) is 11.4 Å². The topological polar surface area (TPSA) is 85.6 Å². The van der Waals surface area contributed by atoms with Gasteiger partial charge in [-0.05, 0) is 31.2 Å². The lowest BCUT2D eigenvalue weighted by Gasteiger charge is -2.10. The molecule has 168 valence electrons. The molecule has 1 N–H and O–H groups in total. The first kappa shape index (κ1) is 22.0. The van der Waals surface area contributed by atoms with Gasteiger partial charge in [0.15, 0.2) is 16.1 Å². The van der Waals surface area contributed by atoms with Crippen molar-refractivity contribution in [3.63, 3.8) is 0 Å². The Morgan fingerprint density at radius 2 is 1.74 bits per heavy atom. The molecule has 2 aromatic carbocycles. The van der Waals surface area contributed by atoms with Gasteiger partial charge in [-0.1, -0.05) is 59.8 Å². The van der Waals surface area contributed by atoms with Crippen LogP contribution in [0.25, 0.3) is 28.3 Å². The lowest BCUT2D eigenvalue weighted by molar-refractivity contribution is -0.113. The van der Waals surface area contributed by atoms with Crippen LogP contribution in [0.4, 0.5) is 5.13 Å². The fourth-order valence-electron chi connectivity index (χ4n) is 3.34. The standard InChI is InChI=1S/C25H20N6OS2/c1-17-7-9-20(10-8-17)31-23(19-11-13-26-14-12-19)29-30-25(31)34-16-22(32)28-24-27-21(15-33-24)18-5-3-2-4-6-18/h2-15H,16H2,1H3,(H,27,28,32). The average molecular weight is 485 g/mol. The van der Waals surface area contributed by atoms with E-state index in [1.807, 2.05) is 83.6 Å². The van der Waals surface area contributed by atoms with Gasteiger partial charge < -0.3 is 5.32 Å². The lowest BCUT2D eigenvalue weighted by atomic mass is 10.2. The number of nitrogens with one attached hydrogen (secondary N) is 1. The number of nitrogens with zero attached hydrogens (tertiary/aromatic N) is 5. The highest BCUT2D eigenvalue weighted by molar-refractivity contribution is 7.99. The summed E-state index contributed by atoms with van der Waals surface area (Å²) in [6.07, 6.45) is 3.45. The van der Waals surface area contributed by atoms with Crippen LogP contribution in [-0.4, -0.2) is 36.4 Å². The first-order chi connectivity index (χ1) is 16.7. The summed E-state index contributed by atoms with van der Waals surface area (Å²) in [5, 5.41) is 14.8. The van der Waals surface area contributed by atoms with Gasteiger partial charge in [0, 0.05) is 34.6 Å². The van der Waals surface area contributed by atoms with Crippen molar-refractivity contribution in [2.75, 3.05) is 11.1 Å². The number of anilines is 1. The molecule has 0 aliphatic carbocycles. The monoisotopic (exact) mass is 484 g/mol. The predicted octanol–water partition coefficient (Wildman–Crippen LogP) is 5.49. The minimum Gasteiger partial charge on any atom is -0.301 e. The van der Waals surface area contributed by atoms with Gasteiger partial charge in [-0.15, -0.1) is 21.5 Å². The zero-order valence-electron chi connectivity index (χ0n) is 18.3. The van der Waals surface area contributed by atoms with Crippen LogP contribution < -0.4 is 5.32 Å². The van der Waals surface area contributed by atoms with Crippen LogP contribution in [-0.2, 0) is 4.79 Å². The maximum Gasteiger partial charge on any atom is 0.236 e. The third-order valence-corrected chi connectivity index (χ3v) is 6.70. The Hall–Kier alpha value is -3.82. The second kappa shape index (κ2) is 9.98.